The number of hydrogen-bond acceptors (Lipinski definition) is 4. The van der Waals surface area contributed by atoms with Gasteiger partial charge in [0, 0.05) is 13.1 Å². The summed E-state index contributed by atoms with van der Waals surface area (Å²) < 4.78 is 42.1. The first-order valence-corrected chi connectivity index (χ1v) is 13.9. The lowest BCUT2D eigenvalue weighted by Gasteiger charge is -2.32. The molecule has 7 nitrogen and oxygen atoms in total. The van der Waals surface area contributed by atoms with Crippen molar-refractivity contribution in [2.45, 2.75) is 45.2 Å². The van der Waals surface area contributed by atoms with Crippen LogP contribution >= 0.6 is 0 Å². The van der Waals surface area contributed by atoms with Crippen LogP contribution in [0.1, 0.15) is 31.9 Å². The third kappa shape index (κ3) is 7.41. The zero-order valence-corrected chi connectivity index (χ0v) is 22.9. The molecule has 0 heterocycles. The van der Waals surface area contributed by atoms with Crippen LogP contribution in [-0.4, -0.2) is 44.3 Å². The molecule has 3 rings (SSSR count). The minimum Gasteiger partial charge on any atom is -0.354 e. The smallest absolute Gasteiger partial charge is 0.264 e. The van der Waals surface area contributed by atoms with E-state index < -0.39 is 34.3 Å². The van der Waals surface area contributed by atoms with E-state index in [9.17, 15) is 22.4 Å². The Balaban J connectivity index is 1.99. The van der Waals surface area contributed by atoms with Gasteiger partial charge in [0.05, 0.1) is 10.6 Å². The van der Waals surface area contributed by atoms with E-state index >= 15 is 0 Å². The molecule has 0 aromatic heterocycles. The van der Waals surface area contributed by atoms with E-state index in [1.165, 1.54) is 29.2 Å². The predicted molar refractivity (Wildman–Crippen MR) is 146 cm³/mol. The number of carbonyl (C=O) groups excluding carboxylic acids is 2. The maximum absolute atomic E-state index is 13.8. The minimum absolute atomic E-state index is 0.00226. The van der Waals surface area contributed by atoms with Gasteiger partial charge in [0.15, 0.2) is 0 Å². The lowest BCUT2D eigenvalue weighted by molar-refractivity contribution is -0.139. The standard InChI is InChI=1S/C29H34FN3O4S/c1-21(2)18-31-29(35)23(4)32(19-24-8-6-5-7-9-24)28(34)20-33(26-14-12-25(30)13-15-26)38(36,37)27-16-10-22(3)11-17-27/h5-17,21,23H,18-20H2,1-4H3,(H,31,35)/t23-/m1/s1. The van der Waals surface area contributed by atoms with Gasteiger partial charge in [-0.15, -0.1) is 0 Å². The quantitative estimate of drug-likeness (QED) is 0.388. The largest absolute Gasteiger partial charge is 0.354 e. The molecule has 0 saturated heterocycles. The maximum atomic E-state index is 13.8. The summed E-state index contributed by atoms with van der Waals surface area (Å²) in [6, 6.07) is 19.5. The van der Waals surface area contributed by atoms with Gasteiger partial charge in [-0.05, 0) is 61.7 Å². The van der Waals surface area contributed by atoms with Crippen LogP contribution in [0.25, 0.3) is 0 Å². The summed E-state index contributed by atoms with van der Waals surface area (Å²) in [4.78, 5) is 28.1. The molecule has 0 spiro atoms. The van der Waals surface area contributed by atoms with Gasteiger partial charge in [0.25, 0.3) is 10.0 Å². The zero-order valence-electron chi connectivity index (χ0n) is 22.1. The highest BCUT2D eigenvalue weighted by Crippen LogP contribution is 2.25. The number of benzene rings is 3. The number of rotatable bonds is 11. The van der Waals surface area contributed by atoms with Crippen molar-refractivity contribution in [3.8, 4) is 0 Å². The van der Waals surface area contributed by atoms with Gasteiger partial charge in [-0.2, -0.15) is 0 Å². The average molecular weight is 540 g/mol. The third-order valence-electron chi connectivity index (χ3n) is 6.05. The molecule has 0 aliphatic carbocycles. The molecule has 0 fully saturated rings. The number of halogens is 1. The number of aryl methyl sites for hydroxylation is 1. The van der Waals surface area contributed by atoms with Crippen molar-refractivity contribution >= 4 is 27.5 Å². The second-order valence-electron chi connectivity index (χ2n) is 9.62. The molecule has 2 amide bonds. The van der Waals surface area contributed by atoms with Crippen molar-refractivity contribution in [3.63, 3.8) is 0 Å². The summed E-state index contributed by atoms with van der Waals surface area (Å²) in [7, 11) is -4.19. The lowest BCUT2D eigenvalue weighted by atomic mass is 10.1. The van der Waals surface area contributed by atoms with E-state index in [4.69, 9.17) is 0 Å². The van der Waals surface area contributed by atoms with Crippen LogP contribution < -0.4 is 9.62 Å². The Morgan fingerprint density at radius 3 is 2.08 bits per heavy atom. The van der Waals surface area contributed by atoms with Gasteiger partial charge in [0.1, 0.15) is 18.4 Å². The summed E-state index contributed by atoms with van der Waals surface area (Å²) >= 11 is 0. The van der Waals surface area contributed by atoms with Gasteiger partial charge in [-0.1, -0.05) is 61.9 Å². The highest BCUT2D eigenvalue weighted by atomic mass is 32.2. The summed E-state index contributed by atoms with van der Waals surface area (Å²) in [5.74, 6) is -1.22. The number of nitrogens with zero attached hydrogens (tertiary/aromatic N) is 2. The molecular formula is C29H34FN3O4S. The SMILES string of the molecule is Cc1ccc(S(=O)(=O)N(CC(=O)N(Cc2ccccc2)[C@H](C)C(=O)NCC(C)C)c2ccc(F)cc2)cc1. The molecule has 0 aliphatic rings. The summed E-state index contributed by atoms with van der Waals surface area (Å²) in [6.07, 6.45) is 0. The van der Waals surface area contributed by atoms with Crippen molar-refractivity contribution < 1.29 is 22.4 Å². The van der Waals surface area contributed by atoms with Crippen LogP contribution in [0.4, 0.5) is 10.1 Å². The Morgan fingerprint density at radius 1 is 0.895 bits per heavy atom. The first-order chi connectivity index (χ1) is 18.0. The summed E-state index contributed by atoms with van der Waals surface area (Å²) in [5.41, 5.74) is 1.81. The van der Waals surface area contributed by atoms with Crippen LogP contribution in [-0.2, 0) is 26.2 Å². The molecule has 0 radical (unpaired) electrons. The molecule has 1 N–H and O–H groups in total. The van der Waals surface area contributed by atoms with Crippen molar-refractivity contribution in [2.24, 2.45) is 5.92 Å². The molecule has 3 aromatic rings. The average Bonchev–Trinajstić information content (AvgIpc) is 2.89. The fourth-order valence-electron chi connectivity index (χ4n) is 3.79. The molecule has 0 unspecified atom stereocenters. The molecule has 202 valence electrons. The normalized spacial score (nSPS) is 12.2. The van der Waals surface area contributed by atoms with Gasteiger partial charge in [-0.3, -0.25) is 13.9 Å². The van der Waals surface area contributed by atoms with Crippen LogP contribution in [0, 0.1) is 18.7 Å². The molecule has 1 atom stereocenters. The first-order valence-electron chi connectivity index (χ1n) is 12.4. The fraction of sp³-hybridized carbons (Fsp3) is 0.310. The number of carbonyl (C=O) groups is 2. The van der Waals surface area contributed by atoms with Crippen molar-refractivity contribution in [1.82, 2.24) is 10.2 Å². The van der Waals surface area contributed by atoms with E-state index in [0.717, 1.165) is 27.6 Å². The second-order valence-corrected chi connectivity index (χ2v) is 11.5. The van der Waals surface area contributed by atoms with Crippen molar-refractivity contribution in [1.29, 1.82) is 0 Å². The van der Waals surface area contributed by atoms with Gasteiger partial charge in [-0.25, -0.2) is 12.8 Å². The molecular weight excluding hydrogens is 505 g/mol. The highest BCUT2D eigenvalue weighted by molar-refractivity contribution is 7.92. The first kappa shape index (κ1) is 28.8. The topological polar surface area (TPSA) is 86.8 Å². The van der Waals surface area contributed by atoms with E-state index in [1.54, 1.807) is 19.1 Å². The third-order valence-corrected chi connectivity index (χ3v) is 7.84. The second kappa shape index (κ2) is 12.7. The Kier molecular flexibility index (Phi) is 9.63. The molecule has 0 bridgehead atoms. The van der Waals surface area contributed by atoms with Crippen LogP contribution in [0.3, 0.4) is 0 Å². The number of hydrogen-bond donors (Lipinski definition) is 1. The zero-order chi connectivity index (χ0) is 27.9. The molecule has 38 heavy (non-hydrogen) atoms. The predicted octanol–water partition coefficient (Wildman–Crippen LogP) is 4.52. The van der Waals surface area contributed by atoms with E-state index in [0.29, 0.717) is 6.54 Å². The minimum atomic E-state index is -4.19. The van der Waals surface area contributed by atoms with Crippen LogP contribution in [0.2, 0.25) is 0 Å². The number of amides is 2. The Labute approximate surface area is 224 Å². The molecule has 0 aliphatic heterocycles. The van der Waals surface area contributed by atoms with E-state index in [-0.39, 0.29) is 29.0 Å². The summed E-state index contributed by atoms with van der Waals surface area (Å²) in [6.45, 7) is 7.37. The van der Waals surface area contributed by atoms with Crippen molar-refractivity contribution in [3.05, 3.63) is 95.8 Å². The monoisotopic (exact) mass is 539 g/mol. The van der Waals surface area contributed by atoms with Crippen LogP contribution in [0.15, 0.2) is 83.8 Å². The Bertz CT molecular complexity index is 1330. The number of sulfonamides is 1. The van der Waals surface area contributed by atoms with E-state index in [1.807, 2.05) is 51.1 Å². The number of nitrogens with one attached hydrogen (secondary N) is 1. The van der Waals surface area contributed by atoms with Gasteiger partial charge < -0.3 is 10.2 Å². The van der Waals surface area contributed by atoms with E-state index in [2.05, 4.69) is 5.32 Å². The van der Waals surface area contributed by atoms with Crippen LogP contribution in [0.5, 0.6) is 0 Å². The Hall–Kier alpha value is -3.72. The number of anilines is 1. The van der Waals surface area contributed by atoms with Crippen molar-refractivity contribution in [2.75, 3.05) is 17.4 Å². The lowest BCUT2D eigenvalue weighted by Crippen LogP contribution is -2.51. The summed E-state index contributed by atoms with van der Waals surface area (Å²) in [5, 5.41) is 2.85. The molecule has 3 aromatic carbocycles. The maximum Gasteiger partial charge on any atom is 0.264 e. The van der Waals surface area contributed by atoms with Gasteiger partial charge >= 0.3 is 0 Å². The molecule has 9 heteroatoms. The fourth-order valence-corrected chi connectivity index (χ4v) is 5.20. The van der Waals surface area contributed by atoms with Gasteiger partial charge in [0.2, 0.25) is 11.8 Å². The molecule has 0 saturated carbocycles. The highest BCUT2D eigenvalue weighted by Gasteiger charge is 2.32. The Morgan fingerprint density at radius 2 is 1.50 bits per heavy atom.